The van der Waals surface area contributed by atoms with Crippen molar-refractivity contribution in [3.63, 3.8) is 0 Å². The number of fused-ring (bicyclic) bond motifs is 3. The van der Waals surface area contributed by atoms with E-state index in [0.29, 0.717) is 5.56 Å². The van der Waals surface area contributed by atoms with Crippen LogP contribution in [0.1, 0.15) is 24.1 Å². The van der Waals surface area contributed by atoms with Crippen LogP contribution in [-0.4, -0.2) is 33.5 Å². The minimum Gasteiger partial charge on any atom is -0.383 e. The lowest BCUT2D eigenvalue weighted by atomic mass is 10.0. The first kappa shape index (κ1) is 15.4. The molecule has 5 heteroatoms. The third-order valence-electron chi connectivity index (χ3n) is 4.54. The van der Waals surface area contributed by atoms with Gasteiger partial charge in [0.2, 0.25) is 0 Å². The van der Waals surface area contributed by atoms with Gasteiger partial charge in [-0.2, -0.15) is 5.26 Å². The predicted molar refractivity (Wildman–Crippen MR) is 98.6 cm³/mol. The van der Waals surface area contributed by atoms with Gasteiger partial charge in [-0.05, 0) is 18.4 Å². The molecule has 0 saturated carbocycles. The third kappa shape index (κ3) is 2.47. The smallest absolute Gasteiger partial charge is 0.116 e. The Balaban J connectivity index is 2.08. The fourth-order valence-corrected chi connectivity index (χ4v) is 3.63. The van der Waals surface area contributed by atoms with Crippen LogP contribution < -0.4 is 0 Å². The summed E-state index contributed by atoms with van der Waals surface area (Å²) in [6.07, 6.45) is 5.69. The molecule has 0 amide bonds. The lowest BCUT2D eigenvalue weighted by Gasteiger charge is -2.21. The number of allylic oxidation sites excluding steroid dienone is 1. The van der Waals surface area contributed by atoms with Gasteiger partial charge in [0, 0.05) is 32.4 Å². The summed E-state index contributed by atoms with van der Waals surface area (Å²) in [6.45, 7) is 0.880. The van der Waals surface area contributed by atoms with Crippen molar-refractivity contribution in [1.29, 1.82) is 5.26 Å². The van der Waals surface area contributed by atoms with Gasteiger partial charge >= 0.3 is 0 Å². The van der Waals surface area contributed by atoms with Crippen molar-refractivity contribution < 1.29 is 0 Å². The quantitative estimate of drug-likeness (QED) is 0.720. The maximum atomic E-state index is 9.83. The van der Waals surface area contributed by atoms with Crippen LogP contribution in [0.2, 0.25) is 0 Å². The molecular weight excluding hydrogens is 310 g/mol. The van der Waals surface area contributed by atoms with Crippen LogP contribution in [0.3, 0.4) is 0 Å². The van der Waals surface area contributed by atoms with Crippen LogP contribution in [0.5, 0.6) is 0 Å². The molecule has 1 aliphatic rings. The SMILES string of the molecule is CN(C)/C=C1\CCCn2c1c(C#N)c1ncnc(-c3ccccc3)c12. The monoisotopic (exact) mass is 329 g/mol. The van der Waals surface area contributed by atoms with Crippen molar-refractivity contribution in [3.8, 4) is 17.3 Å². The largest absolute Gasteiger partial charge is 0.383 e. The molecular formula is C20H19N5. The molecule has 4 rings (SSSR count). The van der Waals surface area contributed by atoms with Crippen molar-refractivity contribution in [2.75, 3.05) is 14.1 Å². The maximum absolute atomic E-state index is 9.83. The molecule has 0 atom stereocenters. The molecule has 1 aliphatic heterocycles. The van der Waals surface area contributed by atoms with Gasteiger partial charge in [-0.3, -0.25) is 0 Å². The second-order valence-electron chi connectivity index (χ2n) is 6.49. The van der Waals surface area contributed by atoms with Gasteiger partial charge in [0.25, 0.3) is 0 Å². The molecule has 0 saturated heterocycles. The third-order valence-corrected chi connectivity index (χ3v) is 4.54. The molecule has 25 heavy (non-hydrogen) atoms. The Morgan fingerprint density at radius 2 is 2.00 bits per heavy atom. The summed E-state index contributed by atoms with van der Waals surface area (Å²) >= 11 is 0. The number of hydrogen-bond donors (Lipinski definition) is 0. The van der Waals surface area contributed by atoms with E-state index in [2.05, 4.69) is 26.8 Å². The van der Waals surface area contributed by atoms with E-state index in [1.807, 2.05) is 49.3 Å². The van der Waals surface area contributed by atoms with E-state index in [9.17, 15) is 5.26 Å². The van der Waals surface area contributed by atoms with Gasteiger partial charge in [0.1, 0.15) is 23.5 Å². The highest BCUT2D eigenvalue weighted by Gasteiger charge is 2.26. The highest BCUT2D eigenvalue weighted by molar-refractivity contribution is 5.97. The zero-order valence-electron chi connectivity index (χ0n) is 14.4. The fraction of sp³-hybridized carbons (Fsp3) is 0.250. The van der Waals surface area contributed by atoms with E-state index in [1.165, 1.54) is 5.57 Å². The zero-order valence-corrected chi connectivity index (χ0v) is 14.4. The molecule has 0 N–H and O–H groups in total. The molecule has 0 aliphatic carbocycles. The first-order valence-corrected chi connectivity index (χ1v) is 8.41. The summed E-state index contributed by atoms with van der Waals surface area (Å²) in [5.74, 6) is 0. The summed E-state index contributed by atoms with van der Waals surface area (Å²) in [6, 6.07) is 12.5. The molecule has 3 heterocycles. The second kappa shape index (κ2) is 6.06. The second-order valence-corrected chi connectivity index (χ2v) is 6.49. The average molecular weight is 329 g/mol. The lowest BCUT2D eigenvalue weighted by molar-refractivity contribution is 0.555. The molecule has 2 aromatic heterocycles. The Morgan fingerprint density at radius 3 is 2.72 bits per heavy atom. The summed E-state index contributed by atoms with van der Waals surface area (Å²) < 4.78 is 2.23. The van der Waals surface area contributed by atoms with E-state index in [4.69, 9.17) is 0 Å². The highest BCUT2D eigenvalue weighted by Crippen LogP contribution is 2.38. The first-order chi connectivity index (χ1) is 12.2. The molecule has 3 aromatic rings. The van der Waals surface area contributed by atoms with Gasteiger partial charge in [-0.25, -0.2) is 9.97 Å². The van der Waals surface area contributed by atoms with Crippen molar-refractivity contribution in [3.05, 3.63) is 54.1 Å². The van der Waals surface area contributed by atoms with Crippen molar-refractivity contribution in [1.82, 2.24) is 19.4 Å². The standard InChI is InChI=1S/C20H19N5/c1-24(2)12-15-9-6-10-25-19(15)16(11-21)18-20(25)17(22-13-23-18)14-7-4-3-5-8-14/h3-5,7-8,12-13H,6,9-10H2,1-2H3/b15-12+. The van der Waals surface area contributed by atoms with Crippen molar-refractivity contribution >= 4 is 16.6 Å². The van der Waals surface area contributed by atoms with E-state index in [1.54, 1.807) is 6.33 Å². The predicted octanol–water partition coefficient (Wildman–Crippen LogP) is 3.67. The Kier molecular flexibility index (Phi) is 3.73. The fourth-order valence-electron chi connectivity index (χ4n) is 3.63. The normalized spacial score (nSPS) is 15.2. The average Bonchev–Trinajstić information content (AvgIpc) is 2.97. The number of aryl methyl sites for hydroxylation is 1. The molecule has 1 aromatic carbocycles. The van der Waals surface area contributed by atoms with Gasteiger partial charge in [0.15, 0.2) is 0 Å². The number of hydrogen-bond acceptors (Lipinski definition) is 4. The summed E-state index contributed by atoms with van der Waals surface area (Å²) in [5, 5.41) is 9.83. The van der Waals surface area contributed by atoms with E-state index >= 15 is 0 Å². The zero-order chi connectivity index (χ0) is 17.4. The van der Waals surface area contributed by atoms with Gasteiger partial charge in [-0.1, -0.05) is 30.3 Å². The number of nitrogens with zero attached hydrogens (tertiary/aromatic N) is 5. The molecule has 124 valence electrons. The number of aromatic nitrogens is 3. The maximum Gasteiger partial charge on any atom is 0.116 e. The Hall–Kier alpha value is -3.13. The minimum atomic E-state index is 0.655. The molecule has 0 spiro atoms. The Bertz CT molecular complexity index is 1010. The minimum absolute atomic E-state index is 0.655. The molecule has 0 fully saturated rings. The topological polar surface area (TPSA) is 57.7 Å². The number of benzene rings is 1. The number of nitriles is 1. The van der Waals surface area contributed by atoms with Gasteiger partial charge in [-0.15, -0.1) is 0 Å². The van der Waals surface area contributed by atoms with E-state index in [0.717, 1.165) is 47.4 Å². The van der Waals surface area contributed by atoms with Gasteiger partial charge in [0.05, 0.1) is 16.9 Å². The van der Waals surface area contributed by atoms with Crippen LogP contribution >= 0.6 is 0 Å². The van der Waals surface area contributed by atoms with Crippen molar-refractivity contribution in [2.45, 2.75) is 19.4 Å². The van der Waals surface area contributed by atoms with Gasteiger partial charge < -0.3 is 9.47 Å². The van der Waals surface area contributed by atoms with Crippen LogP contribution in [0, 0.1) is 11.3 Å². The van der Waals surface area contributed by atoms with Crippen LogP contribution in [-0.2, 0) is 6.54 Å². The number of rotatable bonds is 2. The molecule has 0 bridgehead atoms. The van der Waals surface area contributed by atoms with E-state index < -0.39 is 0 Å². The molecule has 5 nitrogen and oxygen atoms in total. The van der Waals surface area contributed by atoms with Crippen LogP contribution in [0.25, 0.3) is 27.9 Å². The lowest BCUT2D eigenvalue weighted by Crippen LogP contribution is -2.13. The van der Waals surface area contributed by atoms with E-state index in [-0.39, 0.29) is 0 Å². The van der Waals surface area contributed by atoms with Crippen LogP contribution in [0.4, 0.5) is 0 Å². The highest BCUT2D eigenvalue weighted by atomic mass is 15.1. The summed E-state index contributed by atoms with van der Waals surface area (Å²) in [7, 11) is 4.02. The van der Waals surface area contributed by atoms with Crippen LogP contribution in [0.15, 0.2) is 42.9 Å². The molecule has 0 unspecified atom stereocenters. The summed E-state index contributed by atoms with van der Waals surface area (Å²) in [4.78, 5) is 11.0. The molecule has 0 radical (unpaired) electrons. The van der Waals surface area contributed by atoms with Crippen molar-refractivity contribution in [2.24, 2.45) is 0 Å². The Labute approximate surface area is 146 Å². The summed E-state index contributed by atoms with van der Waals surface area (Å²) in [5.41, 5.74) is 6.48. The first-order valence-electron chi connectivity index (χ1n) is 8.41. The Morgan fingerprint density at radius 1 is 1.20 bits per heavy atom.